The SMILES string of the molecule is COc1ccc(-n2c(SCC(=O)N=Nc3c(O)[nH]c4ccccc34)nnc2-c2ccc(C(C)(C)C)cc2)cc1. The molecule has 0 aliphatic rings. The predicted octanol–water partition coefficient (Wildman–Crippen LogP) is 6.83. The third-order valence-electron chi connectivity index (χ3n) is 6.22. The first-order valence-corrected chi connectivity index (χ1v) is 13.3. The number of fused-ring (bicyclic) bond motifs is 1. The Labute approximate surface area is 230 Å². The number of methoxy groups -OCH3 is 1. The van der Waals surface area contributed by atoms with Crippen LogP contribution in [0.4, 0.5) is 5.69 Å². The van der Waals surface area contributed by atoms with Gasteiger partial charge in [0.25, 0.3) is 5.91 Å². The summed E-state index contributed by atoms with van der Waals surface area (Å²) in [5.74, 6) is 0.769. The number of azo groups is 1. The van der Waals surface area contributed by atoms with E-state index in [4.69, 9.17) is 4.74 Å². The number of aromatic hydroxyl groups is 1. The fourth-order valence-corrected chi connectivity index (χ4v) is 4.84. The fourth-order valence-electron chi connectivity index (χ4n) is 4.11. The molecule has 0 aliphatic carbocycles. The molecule has 5 aromatic rings. The molecule has 0 radical (unpaired) electrons. The molecule has 2 aromatic heterocycles. The van der Waals surface area contributed by atoms with Gasteiger partial charge in [-0.25, -0.2) is 0 Å². The van der Waals surface area contributed by atoms with Crippen LogP contribution >= 0.6 is 11.8 Å². The van der Waals surface area contributed by atoms with Gasteiger partial charge in [-0.1, -0.05) is 75.0 Å². The number of aromatic amines is 1. The molecule has 0 atom stereocenters. The van der Waals surface area contributed by atoms with Crippen molar-refractivity contribution in [2.45, 2.75) is 31.3 Å². The summed E-state index contributed by atoms with van der Waals surface area (Å²) in [6, 6.07) is 23.1. The first-order chi connectivity index (χ1) is 18.7. The molecule has 0 unspecified atom stereocenters. The van der Waals surface area contributed by atoms with Crippen molar-refractivity contribution >= 4 is 34.3 Å². The van der Waals surface area contributed by atoms with Gasteiger partial charge in [0.2, 0.25) is 5.88 Å². The van der Waals surface area contributed by atoms with Crippen molar-refractivity contribution in [2.24, 2.45) is 10.2 Å². The number of nitrogens with one attached hydrogen (secondary N) is 1. The minimum Gasteiger partial charge on any atom is -0.497 e. The van der Waals surface area contributed by atoms with Crippen molar-refractivity contribution in [2.75, 3.05) is 12.9 Å². The number of thioether (sulfide) groups is 1. The Hall–Kier alpha value is -4.44. The molecule has 9 nitrogen and oxygen atoms in total. The lowest BCUT2D eigenvalue weighted by atomic mass is 9.87. The second kappa shape index (κ2) is 10.7. The van der Waals surface area contributed by atoms with Crippen molar-refractivity contribution in [1.29, 1.82) is 0 Å². The lowest BCUT2D eigenvalue weighted by molar-refractivity contribution is -0.115. The number of amides is 1. The number of ether oxygens (including phenoxy) is 1. The third-order valence-corrected chi connectivity index (χ3v) is 7.13. The number of benzene rings is 3. The number of hydrogen-bond donors (Lipinski definition) is 2. The number of carbonyl (C=O) groups excluding carboxylic acids is 1. The second-order valence-corrected chi connectivity index (χ2v) is 10.9. The van der Waals surface area contributed by atoms with Crippen molar-refractivity contribution in [3.8, 4) is 28.7 Å². The molecule has 0 bridgehead atoms. The van der Waals surface area contributed by atoms with E-state index in [9.17, 15) is 9.90 Å². The van der Waals surface area contributed by atoms with Gasteiger partial charge in [-0.15, -0.1) is 20.4 Å². The lowest BCUT2D eigenvalue weighted by Crippen LogP contribution is -2.10. The van der Waals surface area contributed by atoms with Crippen LogP contribution in [-0.2, 0) is 10.2 Å². The van der Waals surface area contributed by atoms with Crippen molar-refractivity contribution in [1.82, 2.24) is 19.7 Å². The van der Waals surface area contributed by atoms with E-state index in [-0.39, 0.29) is 22.7 Å². The maximum absolute atomic E-state index is 12.7. The van der Waals surface area contributed by atoms with Gasteiger partial charge in [0.05, 0.1) is 18.4 Å². The van der Waals surface area contributed by atoms with E-state index >= 15 is 0 Å². The van der Waals surface area contributed by atoms with E-state index < -0.39 is 5.91 Å². The van der Waals surface area contributed by atoms with Crippen LogP contribution in [0.2, 0.25) is 0 Å². The Bertz CT molecular complexity index is 1650. The lowest BCUT2D eigenvalue weighted by Gasteiger charge is -2.19. The summed E-state index contributed by atoms with van der Waals surface area (Å²) >= 11 is 1.21. The number of H-pyrrole nitrogens is 1. The zero-order valence-electron chi connectivity index (χ0n) is 22.0. The summed E-state index contributed by atoms with van der Waals surface area (Å²) in [6.07, 6.45) is 0. The van der Waals surface area contributed by atoms with Crippen molar-refractivity contribution in [3.05, 3.63) is 78.4 Å². The smallest absolute Gasteiger partial charge is 0.275 e. The van der Waals surface area contributed by atoms with Crippen molar-refractivity contribution in [3.63, 3.8) is 0 Å². The van der Waals surface area contributed by atoms with Crippen molar-refractivity contribution < 1.29 is 14.6 Å². The van der Waals surface area contributed by atoms with Crippen LogP contribution in [0.5, 0.6) is 11.6 Å². The molecule has 2 heterocycles. The number of hydrogen-bond acceptors (Lipinski definition) is 7. The highest BCUT2D eigenvalue weighted by molar-refractivity contribution is 7.99. The van der Waals surface area contributed by atoms with Crippen LogP contribution in [0.15, 0.2) is 88.2 Å². The number of rotatable bonds is 7. The van der Waals surface area contributed by atoms with Gasteiger partial charge < -0.3 is 14.8 Å². The van der Waals surface area contributed by atoms with E-state index in [2.05, 4.69) is 58.3 Å². The summed E-state index contributed by atoms with van der Waals surface area (Å²) in [4.78, 5) is 15.5. The number of carbonyl (C=O) groups is 1. The highest BCUT2D eigenvalue weighted by atomic mass is 32.2. The van der Waals surface area contributed by atoms with Gasteiger partial charge in [0.1, 0.15) is 5.75 Å². The molecule has 0 fully saturated rings. The summed E-state index contributed by atoms with van der Waals surface area (Å²) in [7, 11) is 1.62. The Morgan fingerprint density at radius 1 is 1.03 bits per heavy atom. The maximum atomic E-state index is 12.7. The first-order valence-electron chi connectivity index (χ1n) is 12.3. The summed E-state index contributed by atoms with van der Waals surface area (Å²) in [5, 5.41) is 28.1. The molecule has 10 heteroatoms. The number of nitrogens with zero attached hydrogens (tertiary/aromatic N) is 5. The molecule has 1 amide bonds. The zero-order valence-corrected chi connectivity index (χ0v) is 22.9. The summed E-state index contributed by atoms with van der Waals surface area (Å²) in [6.45, 7) is 6.51. The Balaban J connectivity index is 1.41. The summed E-state index contributed by atoms with van der Waals surface area (Å²) in [5.41, 5.74) is 3.91. The molecule has 3 aromatic carbocycles. The monoisotopic (exact) mass is 540 g/mol. The molecule has 0 spiro atoms. The highest BCUT2D eigenvalue weighted by Gasteiger charge is 2.19. The summed E-state index contributed by atoms with van der Waals surface area (Å²) < 4.78 is 7.22. The first kappa shape index (κ1) is 26.2. The normalized spacial score (nSPS) is 11.9. The molecule has 39 heavy (non-hydrogen) atoms. The minimum atomic E-state index is -0.468. The second-order valence-electron chi connectivity index (χ2n) is 9.92. The van der Waals surface area contributed by atoms with Gasteiger partial charge in [0, 0.05) is 16.6 Å². The van der Waals surface area contributed by atoms with Crippen LogP contribution in [0, 0.1) is 0 Å². The van der Waals surface area contributed by atoms with Crippen LogP contribution < -0.4 is 4.74 Å². The van der Waals surface area contributed by atoms with Crippen LogP contribution in [0.3, 0.4) is 0 Å². The number of para-hydroxylation sites is 1. The van der Waals surface area contributed by atoms with Crippen LogP contribution in [0.25, 0.3) is 28.0 Å². The number of aromatic nitrogens is 4. The van der Waals surface area contributed by atoms with E-state index in [1.807, 2.05) is 59.2 Å². The van der Waals surface area contributed by atoms with Gasteiger partial charge in [-0.2, -0.15) is 0 Å². The molecule has 198 valence electrons. The maximum Gasteiger partial charge on any atom is 0.275 e. The van der Waals surface area contributed by atoms with E-state index in [1.165, 1.54) is 17.3 Å². The molecule has 2 N–H and O–H groups in total. The molecular weight excluding hydrogens is 512 g/mol. The third kappa shape index (κ3) is 5.56. The topological polar surface area (TPSA) is 118 Å². The van der Waals surface area contributed by atoms with E-state index in [1.54, 1.807) is 13.2 Å². The van der Waals surface area contributed by atoms with Gasteiger partial charge >= 0.3 is 0 Å². The van der Waals surface area contributed by atoms with E-state index in [0.29, 0.717) is 21.9 Å². The standard InChI is InChI=1S/C29H28N6O3S/c1-29(2,3)19-11-9-18(10-12-19)26-33-34-28(35(26)20-13-15-21(38-4)16-14-20)39-17-24(36)31-32-25-22-7-5-6-8-23(22)30-27(25)37/h5-16,30,37H,17H2,1-4H3. The molecule has 5 rings (SSSR count). The predicted molar refractivity (Wildman–Crippen MR) is 152 cm³/mol. The molecule has 0 saturated heterocycles. The van der Waals surface area contributed by atoms with Gasteiger partial charge in [0.15, 0.2) is 16.7 Å². The van der Waals surface area contributed by atoms with Crippen LogP contribution in [-0.4, -0.2) is 43.6 Å². The Morgan fingerprint density at radius 3 is 2.44 bits per heavy atom. The zero-order chi connectivity index (χ0) is 27.6. The molecule has 0 aliphatic heterocycles. The average Bonchev–Trinajstić information content (AvgIpc) is 3.50. The highest BCUT2D eigenvalue weighted by Crippen LogP contribution is 2.35. The molecule has 0 saturated carbocycles. The average molecular weight is 541 g/mol. The fraction of sp³-hybridized carbons (Fsp3) is 0.207. The minimum absolute atomic E-state index is 0.0101. The Morgan fingerprint density at radius 2 is 1.74 bits per heavy atom. The molecular formula is C29H28N6O3S. The largest absolute Gasteiger partial charge is 0.497 e. The quantitative estimate of drug-likeness (QED) is 0.173. The van der Waals surface area contributed by atoms with Gasteiger partial charge in [-0.3, -0.25) is 9.36 Å². The van der Waals surface area contributed by atoms with Crippen LogP contribution in [0.1, 0.15) is 26.3 Å². The van der Waals surface area contributed by atoms with Gasteiger partial charge in [-0.05, 0) is 41.3 Å². The Kier molecular flexibility index (Phi) is 7.21. The van der Waals surface area contributed by atoms with E-state index in [0.717, 1.165) is 17.0 Å².